The molecule has 104 valence electrons. The molecule has 1 aromatic rings. The fourth-order valence-corrected chi connectivity index (χ4v) is 2.09. The number of hydrogen-bond donors (Lipinski definition) is 1. The molecule has 5 heteroatoms. The molecule has 1 aliphatic heterocycles. The second-order valence-corrected chi connectivity index (χ2v) is 5.16. The first-order chi connectivity index (χ1) is 8.85. The summed E-state index contributed by atoms with van der Waals surface area (Å²) in [6.07, 6.45) is -0.0742. The molecule has 0 spiro atoms. The lowest BCUT2D eigenvalue weighted by molar-refractivity contribution is -0.160. The third kappa shape index (κ3) is 3.67. The summed E-state index contributed by atoms with van der Waals surface area (Å²) in [5.74, 6) is -1.47. The SMILES string of the molecule is Cc1cc(F)cc(NCCC2OC(C)(C)OC2=O)c1. The van der Waals surface area contributed by atoms with Gasteiger partial charge in [0.2, 0.25) is 5.79 Å². The van der Waals surface area contributed by atoms with Crippen LogP contribution in [-0.2, 0) is 14.3 Å². The minimum Gasteiger partial charge on any atom is -0.432 e. The molecule has 1 aromatic carbocycles. The van der Waals surface area contributed by atoms with Crippen LogP contribution in [0.5, 0.6) is 0 Å². The Bertz CT molecular complexity index is 467. The Labute approximate surface area is 111 Å². The Kier molecular flexibility index (Phi) is 3.75. The molecule has 0 radical (unpaired) electrons. The Morgan fingerprint density at radius 2 is 2.11 bits per heavy atom. The van der Waals surface area contributed by atoms with E-state index in [0.717, 1.165) is 5.56 Å². The number of hydrogen-bond acceptors (Lipinski definition) is 4. The van der Waals surface area contributed by atoms with E-state index in [1.807, 2.05) is 13.0 Å². The first-order valence-electron chi connectivity index (χ1n) is 6.27. The zero-order valence-corrected chi connectivity index (χ0v) is 11.3. The van der Waals surface area contributed by atoms with Gasteiger partial charge in [0.1, 0.15) is 5.82 Å². The zero-order chi connectivity index (χ0) is 14.0. The molecule has 1 unspecified atom stereocenters. The summed E-state index contributed by atoms with van der Waals surface area (Å²) < 4.78 is 23.7. The molecule has 0 amide bonds. The molecule has 1 N–H and O–H groups in total. The third-order valence-electron chi connectivity index (χ3n) is 2.81. The zero-order valence-electron chi connectivity index (χ0n) is 11.3. The van der Waals surface area contributed by atoms with Gasteiger partial charge in [0, 0.05) is 32.5 Å². The van der Waals surface area contributed by atoms with Gasteiger partial charge in [0.25, 0.3) is 0 Å². The van der Waals surface area contributed by atoms with E-state index >= 15 is 0 Å². The first-order valence-corrected chi connectivity index (χ1v) is 6.27. The number of carbonyl (C=O) groups is 1. The number of benzene rings is 1. The maximum Gasteiger partial charge on any atom is 0.337 e. The summed E-state index contributed by atoms with van der Waals surface area (Å²) in [7, 11) is 0. The smallest absolute Gasteiger partial charge is 0.337 e. The number of aryl methyl sites for hydroxylation is 1. The molecule has 0 aliphatic carbocycles. The molecule has 19 heavy (non-hydrogen) atoms. The Hall–Kier alpha value is -1.62. The largest absolute Gasteiger partial charge is 0.432 e. The van der Waals surface area contributed by atoms with Crippen LogP contribution < -0.4 is 5.32 Å². The molecule has 1 aliphatic rings. The van der Waals surface area contributed by atoms with Gasteiger partial charge in [0.15, 0.2) is 6.10 Å². The average molecular weight is 267 g/mol. The van der Waals surface area contributed by atoms with E-state index in [9.17, 15) is 9.18 Å². The average Bonchev–Trinajstić information content (AvgIpc) is 2.50. The van der Waals surface area contributed by atoms with Crippen LogP contribution in [-0.4, -0.2) is 24.4 Å². The number of halogens is 1. The van der Waals surface area contributed by atoms with Crippen molar-refractivity contribution in [3.8, 4) is 0 Å². The minimum atomic E-state index is -0.850. The van der Waals surface area contributed by atoms with Crippen molar-refractivity contribution < 1.29 is 18.7 Å². The number of rotatable bonds is 4. The van der Waals surface area contributed by atoms with Crippen molar-refractivity contribution in [2.45, 2.75) is 39.1 Å². The Balaban J connectivity index is 1.85. The maximum atomic E-state index is 13.2. The first kappa shape index (κ1) is 13.8. The van der Waals surface area contributed by atoms with Crippen LogP contribution in [0.15, 0.2) is 18.2 Å². The van der Waals surface area contributed by atoms with Crippen LogP contribution in [0.1, 0.15) is 25.8 Å². The molecule has 1 heterocycles. The highest BCUT2D eigenvalue weighted by atomic mass is 19.1. The summed E-state index contributed by atoms with van der Waals surface area (Å²) in [5, 5.41) is 3.07. The van der Waals surface area contributed by atoms with Crippen molar-refractivity contribution in [1.82, 2.24) is 0 Å². The molecule has 2 rings (SSSR count). The summed E-state index contributed by atoms with van der Waals surface area (Å²) in [4.78, 5) is 11.5. The van der Waals surface area contributed by atoms with E-state index < -0.39 is 11.9 Å². The van der Waals surface area contributed by atoms with E-state index in [0.29, 0.717) is 18.7 Å². The van der Waals surface area contributed by atoms with Crippen LogP contribution in [0.3, 0.4) is 0 Å². The number of esters is 1. The standard InChI is InChI=1S/C14H18FNO3/c1-9-6-10(15)8-11(7-9)16-5-4-12-13(17)19-14(2,3)18-12/h6-8,12,16H,4-5H2,1-3H3. The lowest BCUT2D eigenvalue weighted by atomic mass is 10.2. The number of anilines is 1. The number of ether oxygens (including phenoxy) is 2. The van der Waals surface area contributed by atoms with Gasteiger partial charge in [-0.1, -0.05) is 0 Å². The van der Waals surface area contributed by atoms with Gasteiger partial charge in [-0.05, 0) is 30.7 Å². The molecule has 1 atom stereocenters. The Morgan fingerprint density at radius 3 is 2.68 bits per heavy atom. The van der Waals surface area contributed by atoms with E-state index in [1.54, 1.807) is 13.8 Å². The normalized spacial score (nSPS) is 21.3. The summed E-state index contributed by atoms with van der Waals surface area (Å²) >= 11 is 0. The van der Waals surface area contributed by atoms with Gasteiger partial charge in [-0.15, -0.1) is 0 Å². The summed E-state index contributed by atoms with van der Waals surface area (Å²) in [6.45, 7) is 5.75. The predicted molar refractivity (Wildman–Crippen MR) is 69.3 cm³/mol. The second-order valence-electron chi connectivity index (χ2n) is 5.16. The molecular formula is C14H18FNO3. The Morgan fingerprint density at radius 1 is 1.37 bits per heavy atom. The second kappa shape index (κ2) is 5.17. The highest BCUT2D eigenvalue weighted by Gasteiger charge is 2.40. The lowest BCUT2D eigenvalue weighted by Gasteiger charge is -2.15. The van der Waals surface area contributed by atoms with Crippen molar-refractivity contribution in [2.24, 2.45) is 0 Å². The highest BCUT2D eigenvalue weighted by Crippen LogP contribution is 2.25. The molecular weight excluding hydrogens is 249 g/mol. The predicted octanol–water partition coefficient (Wildman–Crippen LogP) is 2.61. The maximum absolute atomic E-state index is 13.2. The van der Waals surface area contributed by atoms with Gasteiger partial charge in [0.05, 0.1) is 0 Å². The molecule has 1 saturated heterocycles. The molecule has 0 saturated carbocycles. The monoisotopic (exact) mass is 267 g/mol. The van der Waals surface area contributed by atoms with E-state index in [2.05, 4.69) is 5.32 Å². The van der Waals surface area contributed by atoms with Crippen LogP contribution in [0.25, 0.3) is 0 Å². The third-order valence-corrected chi connectivity index (χ3v) is 2.81. The fourth-order valence-electron chi connectivity index (χ4n) is 2.09. The van der Waals surface area contributed by atoms with Crippen LogP contribution in [0.4, 0.5) is 10.1 Å². The highest BCUT2D eigenvalue weighted by molar-refractivity contribution is 5.76. The van der Waals surface area contributed by atoms with Gasteiger partial charge in [-0.25, -0.2) is 9.18 Å². The lowest BCUT2D eigenvalue weighted by Crippen LogP contribution is -2.23. The molecule has 4 nitrogen and oxygen atoms in total. The molecule has 0 bridgehead atoms. The van der Waals surface area contributed by atoms with Crippen LogP contribution >= 0.6 is 0 Å². The van der Waals surface area contributed by atoms with Gasteiger partial charge >= 0.3 is 5.97 Å². The van der Waals surface area contributed by atoms with Crippen molar-refractivity contribution in [3.63, 3.8) is 0 Å². The topological polar surface area (TPSA) is 47.6 Å². The van der Waals surface area contributed by atoms with Crippen molar-refractivity contribution in [3.05, 3.63) is 29.6 Å². The minimum absolute atomic E-state index is 0.278. The van der Waals surface area contributed by atoms with Crippen LogP contribution in [0, 0.1) is 12.7 Å². The van der Waals surface area contributed by atoms with Crippen LogP contribution in [0.2, 0.25) is 0 Å². The fraction of sp³-hybridized carbons (Fsp3) is 0.500. The van der Waals surface area contributed by atoms with E-state index in [-0.39, 0.29) is 11.8 Å². The van der Waals surface area contributed by atoms with Gasteiger partial charge < -0.3 is 14.8 Å². The van der Waals surface area contributed by atoms with E-state index in [4.69, 9.17) is 9.47 Å². The molecule has 1 fully saturated rings. The molecule has 0 aromatic heterocycles. The number of cyclic esters (lactones) is 1. The number of nitrogens with one attached hydrogen (secondary N) is 1. The summed E-state index contributed by atoms with van der Waals surface area (Å²) in [6, 6.07) is 4.73. The van der Waals surface area contributed by atoms with Gasteiger partial charge in [-0.3, -0.25) is 0 Å². The quantitative estimate of drug-likeness (QED) is 0.852. The van der Waals surface area contributed by atoms with Crippen molar-refractivity contribution in [2.75, 3.05) is 11.9 Å². The van der Waals surface area contributed by atoms with Crippen molar-refractivity contribution >= 4 is 11.7 Å². The van der Waals surface area contributed by atoms with E-state index in [1.165, 1.54) is 12.1 Å². The summed E-state index contributed by atoms with van der Waals surface area (Å²) in [5.41, 5.74) is 1.54. The number of carbonyl (C=O) groups excluding carboxylic acids is 1. The van der Waals surface area contributed by atoms with Crippen molar-refractivity contribution in [1.29, 1.82) is 0 Å². The van der Waals surface area contributed by atoms with Gasteiger partial charge in [-0.2, -0.15) is 0 Å².